The SMILES string of the molecule is CCCCCCCCCc1ccc(OB(Oc2ccc(CCCCCCCCC)cc2)Oc2ccc(CCCCCCCCC)cc2)cc1. The first-order chi connectivity index (χ1) is 24.2. The summed E-state index contributed by atoms with van der Waals surface area (Å²) in [6, 6.07) is 25.4. The summed E-state index contributed by atoms with van der Waals surface area (Å²) in [6.07, 6.45) is 31.3. The van der Waals surface area contributed by atoms with Gasteiger partial charge >= 0.3 is 7.32 Å². The third kappa shape index (κ3) is 19.2. The molecule has 0 aliphatic carbocycles. The number of benzene rings is 3. The molecule has 0 fully saturated rings. The fourth-order valence-electron chi connectivity index (χ4n) is 6.47. The highest BCUT2D eigenvalue weighted by atomic mass is 16.7. The van der Waals surface area contributed by atoms with Crippen LogP contribution in [0.2, 0.25) is 0 Å². The zero-order valence-corrected chi connectivity index (χ0v) is 31.7. The molecule has 49 heavy (non-hydrogen) atoms. The summed E-state index contributed by atoms with van der Waals surface area (Å²) in [5, 5.41) is 0. The van der Waals surface area contributed by atoms with E-state index in [2.05, 4.69) is 57.2 Å². The van der Waals surface area contributed by atoms with Crippen molar-refractivity contribution in [3.05, 3.63) is 89.5 Å². The van der Waals surface area contributed by atoms with Crippen LogP contribution in [0.3, 0.4) is 0 Å². The average molecular weight is 669 g/mol. The van der Waals surface area contributed by atoms with Crippen molar-refractivity contribution < 1.29 is 14.0 Å². The second-order valence-electron chi connectivity index (χ2n) is 14.2. The van der Waals surface area contributed by atoms with Crippen molar-refractivity contribution in [2.45, 2.75) is 175 Å². The number of aryl methyl sites for hydroxylation is 3. The topological polar surface area (TPSA) is 27.7 Å². The van der Waals surface area contributed by atoms with Crippen molar-refractivity contribution in [2.24, 2.45) is 0 Å². The van der Waals surface area contributed by atoms with Gasteiger partial charge in [0.1, 0.15) is 17.2 Å². The predicted molar refractivity (Wildman–Crippen MR) is 212 cm³/mol. The van der Waals surface area contributed by atoms with E-state index < -0.39 is 7.32 Å². The van der Waals surface area contributed by atoms with Crippen LogP contribution in [0.1, 0.15) is 172 Å². The van der Waals surface area contributed by atoms with E-state index in [0.717, 1.165) is 36.5 Å². The van der Waals surface area contributed by atoms with Gasteiger partial charge in [-0.15, -0.1) is 0 Å². The minimum Gasteiger partial charge on any atom is -0.490 e. The molecule has 3 nitrogen and oxygen atoms in total. The Labute approximate surface area is 302 Å². The third-order valence-corrected chi connectivity index (χ3v) is 9.67. The van der Waals surface area contributed by atoms with Gasteiger partial charge in [0, 0.05) is 0 Å². The largest absolute Gasteiger partial charge is 0.864 e. The molecular formula is C45H69BO3. The normalized spacial score (nSPS) is 11.1. The molecule has 0 bridgehead atoms. The maximum atomic E-state index is 6.31. The van der Waals surface area contributed by atoms with Gasteiger partial charge in [-0.25, -0.2) is 0 Å². The molecule has 0 amide bonds. The van der Waals surface area contributed by atoms with Crippen molar-refractivity contribution in [2.75, 3.05) is 0 Å². The monoisotopic (exact) mass is 669 g/mol. The van der Waals surface area contributed by atoms with E-state index in [1.165, 1.54) is 152 Å². The molecular weight excluding hydrogens is 599 g/mol. The lowest BCUT2D eigenvalue weighted by Crippen LogP contribution is -2.37. The summed E-state index contributed by atoms with van der Waals surface area (Å²) in [5.74, 6) is 2.25. The molecule has 0 aliphatic heterocycles. The van der Waals surface area contributed by atoms with Crippen molar-refractivity contribution in [1.82, 2.24) is 0 Å². The lowest BCUT2D eigenvalue weighted by Gasteiger charge is -2.17. The smallest absolute Gasteiger partial charge is 0.490 e. The quantitative estimate of drug-likeness (QED) is 0.0523. The van der Waals surface area contributed by atoms with Crippen molar-refractivity contribution in [3.8, 4) is 17.2 Å². The summed E-state index contributed by atoms with van der Waals surface area (Å²) in [7, 11) is -0.892. The van der Waals surface area contributed by atoms with Crippen molar-refractivity contribution >= 4 is 7.32 Å². The van der Waals surface area contributed by atoms with Crippen LogP contribution in [0.25, 0.3) is 0 Å². The third-order valence-electron chi connectivity index (χ3n) is 9.67. The van der Waals surface area contributed by atoms with E-state index in [9.17, 15) is 0 Å². The van der Waals surface area contributed by atoms with E-state index in [-0.39, 0.29) is 0 Å². The summed E-state index contributed by atoms with van der Waals surface area (Å²) in [5.41, 5.74) is 4.06. The highest BCUT2D eigenvalue weighted by Crippen LogP contribution is 2.22. The molecule has 0 saturated heterocycles. The fourth-order valence-corrected chi connectivity index (χ4v) is 6.47. The van der Waals surface area contributed by atoms with Gasteiger partial charge in [-0.1, -0.05) is 173 Å². The van der Waals surface area contributed by atoms with E-state index in [1.54, 1.807) is 0 Å². The number of hydrogen-bond acceptors (Lipinski definition) is 3. The van der Waals surface area contributed by atoms with Crippen LogP contribution in [0.15, 0.2) is 72.8 Å². The molecule has 0 aliphatic rings. The molecule has 0 aromatic heterocycles. The van der Waals surface area contributed by atoms with E-state index >= 15 is 0 Å². The molecule has 0 spiro atoms. The van der Waals surface area contributed by atoms with E-state index in [1.807, 2.05) is 36.4 Å². The number of unbranched alkanes of at least 4 members (excludes halogenated alkanes) is 18. The molecule has 0 atom stereocenters. The van der Waals surface area contributed by atoms with Gasteiger partial charge < -0.3 is 14.0 Å². The summed E-state index contributed by atoms with van der Waals surface area (Å²) in [4.78, 5) is 0. The standard InChI is InChI=1S/C45H69BO3/c1-4-7-10-13-16-19-22-25-40-28-34-43(35-29-40)47-46(48-44-36-30-41(31-37-44)26-23-20-17-14-11-8-5-2)49-45-38-32-42(33-39-45)27-24-21-18-15-12-9-6-3/h28-39H,4-27H2,1-3H3. The predicted octanol–water partition coefficient (Wildman–Crippen LogP) is 14.1. The number of hydrogen-bond donors (Lipinski definition) is 0. The van der Waals surface area contributed by atoms with Crippen molar-refractivity contribution in [1.29, 1.82) is 0 Å². The molecule has 3 aromatic rings. The van der Waals surface area contributed by atoms with Crippen LogP contribution in [-0.2, 0) is 19.3 Å². The molecule has 0 saturated carbocycles. The molecule has 0 unspecified atom stereocenters. The Morgan fingerprint density at radius 1 is 0.306 bits per heavy atom. The summed E-state index contributed by atoms with van der Waals surface area (Å²) < 4.78 is 18.9. The van der Waals surface area contributed by atoms with Gasteiger partial charge in [-0.2, -0.15) is 0 Å². The average Bonchev–Trinajstić information content (AvgIpc) is 3.12. The number of rotatable bonds is 30. The Morgan fingerprint density at radius 3 is 0.776 bits per heavy atom. The zero-order chi connectivity index (χ0) is 34.6. The first kappa shape index (κ1) is 40.6. The maximum absolute atomic E-state index is 6.31. The van der Waals surface area contributed by atoms with Crippen LogP contribution in [0.4, 0.5) is 0 Å². The lowest BCUT2D eigenvalue weighted by atomic mass is 10.0. The van der Waals surface area contributed by atoms with E-state index in [4.69, 9.17) is 14.0 Å². The first-order valence-electron chi connectivity index (χ1n) is 20.5. The minimum atomic E-state index is -0.892. The Bertz CT molecular complexity index is 1020. The van der Waals surface area contributed by atoms with Crippen LogP contribution < -0.4 is 14.0 Å². The zero-order valence-electron chi connectivity index (χ0n) is 31.7. The Kier molecular flexibility index (Phi) is 22.3. The van der Waals surface area contributed by atoms with Crippen LogP contribution in [-0.4, -0.2) is 7.32 Å². The summed E-state index contributed by atoms with van der Waals surface area (Å²) in [6.45, 7) is 6.83. The Morgan fingerprint density at radius 2 is 0.531 bits per heavy atom. The molecule has 270 valence electrons. The first-order valence-corrected chi connectivity index (χ1v) is 20.5. The minimum absolute atomic E-state index is 0.749. The molecule has 3 aromatic carbocycles. The van der Waals surface area contributed by atoms with Gasteiger partial charge in [0.15, 0.2) is 0 Å². The summed E-state index contributed by atoms with van der Waals surface area (Å²) >= 11 is 0. The van der Waals surface area contributed by atoms with Crippen LogP contribution in [0.5, 0.6) is 17.2 Å². The van der Waals surface area contributed by atoms with E-state index in [0.29, 0.717) is 0 Å². The molecule has 0 N–H and O–H groups in total. The van der Waals surface area contributed by atoms with Crippen molar-refractivity contribution in [3.63, 3.8) is 0 Å². The second-order valence-corrected chi connectivity index (χ2v) is 14.2. The Hall–Kier alpha value is -2.88. The molecule has 4 heteroatoms. The molecule has 3 rings (SSSR count). The maximum Gasteiger partial charge on any atom is 0.864 e. The molecule has 0 heterocycles. The fraction of sp³-hybridized carbons (Fsp3) is 0.600. The lowest BCUT2D eigenvalue weighted by molar-refractivity contribution is 0.307. The van der Waals surface area contributed by atoms with Gasteiger partial charge in [-0.05, 0) is 91.6 Å². The highest BCUT2D eigenvalue weighted by Gasteiger charge is 2.30. The van der Waals surface area contributed by atoms with Crippen LogP contribution in [0, 0.1) is 0 Å². The molecule has 0 radical (unpaired) electrons. The van der Waals surface area contributed by atoms with Crippen LogP contribution >= 0.6 is 0 Å². The van der Waals surface area contributed by atoms with Gasteiger partial charge in [0.25, 0.3) is 0 Å². The van der Waals surface area contributed by atoms with Gasteiger partial charge in [0.2, 0.25) is 0 Å². The Balaban J connectivity index is 1.53. The second kappa shape index (κ2) is 26.9. The van der Waals surface area contributed by atoms with Gasteiger partial charge in [0.05, 0.1) is 0 Å². The van der Waals surface area contributed by atoms with Gasteiger partial charge in [-0.3, -0.25) is 0 Å². The highest BCUT2D eigenvalue weighted by molar-refractivity contribution is 6.39.